The highest BCUT2D eigenvalue weighted by molar-refractivity contribution is 5.96. The van der Waals surface area contributed by atoms with Crippen molar-refractivity contribution in [3.8, 4) is 5.75 Å². The molecule has 0 radical (unpaired) electrons. The Morgan fingerprint density at radius 1 is 0.958 bits per heavy atom. The Bertz CT molecular complexity index is 719. The zero-order valence-corrected chi connectivity index (χ0v) is 14.2. The fraction of sp³-hybridized carbons (Fsp3) is 0.300. The molecule has 0 aromatic heterocycles. The van der Waals surface area contributed by atoms with Crippen LogP contribution in [0.1, 0.15) is 47.1 Å². The summed E-state index contributed by atoms with van der Waals surface area (Å²) in [6, 6.07) is 13.8. The van der Waals surface area contributed by atoms with Gasteiger partial charge in [-0.15, -0.1) is 0 Å². The first-order chi connectivity index (χ1) is 11.5. The van der Waals surface area contributed by atoms with E-state index in [2.05, 4.69) is 0 Å². The van der Waals surface area contributed by atoms with Crippen LogP contribution in [0, 0.1) is 5.92 Å². The van der Waals surface area contributed by atoms with Crippen LogP contribution in [-0.2, 0) is 11.2 Å². The molecule has 0 unspecified atom stereocenters. The van der Waals surface area contributed by atoms with Crippen molar-refractivity contribution in [2.75, 3.05) is 6.61 Å². The van der Waals surface area contributed by atoms with Crippen molar-refractivity contribution in [2.45, 2.75) is 27.2 Å². The molecule has 0 N–H and O–H groups in total. The number of rotatable bonds is 6. The van der Waals surface area contributed by atoms with E-state index in [0.29, 0.717) is 23.5 Å². The van der Waals surface area contributed by atoms with Gasteiger partial charge in [0.2, 0.25) is 0 Å². The highest BCUT2D eigenvalue weighted by Crippen LogP contribution is 2.20. The Kier molecular flexibility index (Phi) is 6.13. The minimum Gasteiger partial charge on any atom is -0.462 e. The Labute approximate surface area is 142 Å². The summed E-state index contributed by atoms with van der Waals surface area (Å²) in [6.45, 7) is 6.27. The summed E-state index contributed by atoms with van der Waals surface area (Å²) < 4.78 is 10.7. The Morgan fingerprint density at radius 2 is 1.62 bits per heavy atom. The number of carbonyl (C=O) groups excluding carboxylic acids is 2. The number of esters is 2. The predicted octanol–water partition coefficient (Wildman–Crippen LogP) is 4.28. The Balaban J connectivity index is 2.13. The first-order valence-electron chi connectivity index (χ1n) is 8.08. The lowest BCUT2D eigenvalue weighted by atomic mass is 10.1. The number of aryl methyl sites for hydroxylation is 1. The molecular formula is C20H22O4. The molecule has 0 spiro atoms. The molecule has 0 aliphatic heterocycles. The molecule has 24 heavy (non-hydrogen) atoms. The van der Waals surface area contributed by atoms with Crippen LogP contribution in [0.2, 0.25) is 0 Å². The van der Waals surface area contributed by atoms with Crippen molar-refractivity contribution in [1.29, 1.82) is 0 Å². The van der Waals surface area contributed by atoms with Crippen LogP contribution in [0.5, 0.6) is 5.75 Å². The number of hydrogen-bond acceptors (Lipinski definition) is 4. The first kappa shape index (κ1) is 17.7. The summed E-state index contributed by atoms with van der Waals surface area (Å²) in [5, 5.41) is 0. The van der Waals surface area contributed by atoms with E-state index >= 15 is 0 Å². The molecule has 4 nitrogen and oxygen atoms in total. The molecule has 2 rings (SSSR count). The van der Waals surface area contributed by atoms with Crippen molar-refractivity contribution in [1.82, 2.24) is 0 Å². The van der Waals surface area contributed by atoms with Crippen LogP contribution in [0.15, 0.2) is 48.5 Å². The van der Waals surface area contributed by atoms with Gasteiger partial charge in [0.1, 0.15) is 5.75 Å². The van der Waals surface area contributed by atoms with Crippen molar-refractivity contribution < 1.29 is 19.1 Å². The summed E-state index contributed by atoms with van der Waals surface area (Å²) in [7, 11) is 0. The molecule has 0 heterocycles. The van der Waals surface area contributed by atoms with E-state index in [1.54, 1.807) is 24.3 Å². The first-order valence-corrected chi connectivity index (χ1v) is 8.08. The maximum atomic E-state index is 12.3. The highest BCUT2D eigenvalue weighted by atomic mass is 16.5. The quantitative estimate of drug-likeness (QED) is 0.587. The zero-order chi connectivity index (χ0) is 17.5. The Hall–Kier alpha value is -2.62. The molecule has 4 heteroatoms. The van der Waals surface area contributed by atoms with Crippen LogP contribution in [-0.4, -0.2) is 18.5 Å². The van der Waals surface area contributed by atoms with Gasteiger partial charge in [-0.3, -0.25) is 0 Å². The smallest absolute Gasteiger partial charge is 0.343 e. The average molecular weight is 326 g/mol. The molecule has 0 atom stereocenters. The second-order valence-corrected chi connectivity index (χ2v) is 5.92. The lowest BCUT2D eigenvalue weighted by Crippen LogP contribution is -2.13. The summed E-state index contributed by atoms with van der Waals surface area (Å²) in [6.07, 6.45) is 0.769. The van der Waals surface area contributed by atoms with Gasteiger partial charge < -0.3 is 9.47 Å². The summed E-state index contributed by atoms with van der Waals surface area (Å²) >= 11 is 0. The van der Waals surface area contributed by atoms with E-state index in [1.165, 1.54) is 6.07 Å². The van der Waals surface area contributed by atoms with Gasteiger partial charge in [-0.2, -0.15) is 0 Å². The van der Waals surface area contributed by atoms with Gasteiger partial charge in [0.25, 0.3) is 0 Å². The molecule has 0 fully saturated rings. The second kappa shape index (κ2) is 8.29. The third kappa shape index (κ3) is 4.69. The molecule has 0 saturated heterocycles. The molecule has 2 aromatic carbocycles. The zero-order valence-electron chi connectivity index (χ0n) is 14.2. The number of ether oxygens (including phenoxy) is 2. The molecular weight excluding hydrogens is 304 g/mol. The molecule has 126 valence electrons. The standard InChI is InChI=1S/C20H22O4/c1-4-15-8-5-6-11-18(15)24-20(22)17-10-7-9-16(12-17)19(21)23-13-14(2)3/h5-12,14H,4,13H2,1-3H3. The monoisotopic (exact) mass is 326 g/mol. The van der Waals surface area contributed by atoms with Gasteiger partial charge >= 0.3 is 11.9 Å². The molecule has 2 aromatic rings. The topological polar surface area (TPSA) is 52.6 Å². The minimum absolute atomic E-state index is 0.257. The molecule has 0 saturated carbocycles. The van der Waals surface area contributed by atoms with Gasteiger partial charge in [0.15, 0.2) is 0 Å². The maximum absolute atomic E-state index is 12.3. The minimum atomic E-state index is -0.491. The fourth-order valence-electron chi connectivity index (χ4n) is 2.15. The van der Waals surface area contributed by atoms with E-state index in [1.807, 2.05) is 39.0 Å². The van der Waals surface area contributed by atoms with Crippen LogP contribution in [0.3, 0.4) is 0 Å². The van der Waals surface area contributed by atoms with Gasteiger partial charge in [0, 0.05) is 0 Å². The lowest BCUT2D eigenvalue weighted by Gasteiger charge is -2.10. The van der Waals surface area contributed by atoms with Crippen LogP contribution < -0.4 is 4.74 Å². The van der Waals surface area contributed by atoms with E-state index in [-0.39, 0.29) is 5.92 Å². The average Bonchev–Trinajstić information content (AvgIpc) is 2.60. The Morgan fingerprint density at radius 3 is 2.29 bits per heavy atom. The number of hydrogen-bond donors (Lipinski definition) is 0. The van der Waals surface area contributed by atoms with Crippen molar-refractivity contribution in [2.24, 2.45) is 5.92 Å². The third-order valence-electron chi connectivity index (χ3n) is 3.44. The third-order valence-corrected chi connectivity index (χ3v) is 3.44. The van der Waals surface area contributed by atoms with Gasteiger partial charge in [-0.25, -0.2) is 9.59 Å². The fourth-order valence-corrected chi connectivity index (χ4v) is 2.15. The number of para-hydroxylation sites is 1. The summed E-state index contributed by atoms with van der Waals surface area (Å²) in [4.78, 5) is 24.4. The van der Waals surface area contributed by atoms with Crippen LogP contribution in [0.25, 0.3) is 0 Å². The SMILES string of the molecule is CCc1ccccc1OC(=O)c1cccc(C(=O)OCC(C)C)c1. The van der Waals surface area contributed by atoms with Crippen LogP contribution >= 0.6 is 0 Å². The predicted molar refractivity (Wildman–Crippen MR) is 92.3 cm³/mol. The van der Waals surface area contributed by atoms with E-state index in [9.17, 15) is 9.59 Å². The summed E-state index contributed by atoms with van der Waals surface area (Å²) in [5.41, 5.74) is 1.62. The maximum Gasteiger partial charge on any atom is 0.343 e. The highest BCUT2D eigenvalue weighted by Gasteiger charge is 2.14. The van der Waals surface area contributed by atoms with Crippen molar-refractivity contribution in [3.63, 3.8) is 0 Å². The molecule has 0 bridgehead atoms. The van der Waals surface area contributed by atoms with Gasteiger partial charge in [-0.05, 0) is 42.2 Å². The van der Waals surface area contributed by atoms with E-state index in [4.69, 9.17) is 9.47 Å². The van der Waals surface area contributed by atoms with Crippen molar-refractivity contribution >= 4 is 11.9 Å². The molecule has 0 aliphatic carbocycles. The van der Waals surface area contributed by atoms with Gasteiger partial charge in [-0.1, -0.05) is 45.0 Å². The second-order valence-electron chi connectivity index (χ2n) is 5.92. The molecule has 0 aliphatic rings. The number of benzene rings is 2. The largest absolute Gasteiger partial charge is 0.462 e. The van der Waals surface area contributed by atoms with Crippen molar-refractivity contribution in [3.05, 3.63) is 65.2 Å². The normalized spacial score (nSPS) is 10.5. The lowest BCUT2D eigenvalue weighted by molar-refractivity contribution is 0.0459. The number of carbonyl (C=O) groups is 2. The molecule has 0 amide bonds. The van der Waals surface area contributed by atoms with Crippen LogP contribution in [0.4, 0.5) is 0 Å². The van der Waals surface area contributed by atoms with E-state index in [0.717, 1.165) is 12.0 Å². The van der Waals surface area contributed by atoms with E-state index < -0.39 is 11.9 Å². The van der Waals surface area contributed by atoms with Gasteiger partial charge in [0.05, 0.1) is 17.7 Å². The summed E-state index contributed by atoms with van der Waals surface area (Å²) in [5.74, 6) is -0.132.